The molecule has 0 aliphatic rings. The van der Waals surface area contributed by atoms with Gasteiger partial charge in [-0.1, -0.05) is 13.0 Å². The highest BCUT2D eigenvalue weighted by Gasteiger charge is 2.13. The van der Waals surface area contributed by atoms with Crippen LogP contribution in [0.1, 0.15) is 12.5 Å². The van der Waals surface area contributed by atoms with Crippen molar-refractivity contribution in [3.63, 3.8) is 0 Å². The van der Waals surface area contributed by atoms with Crippen LogP contribution < -0.4 is 19.5 Å². The van der Waals surface area contributed by atoms with E-state index < -0.39 is 5.82 Å². The third-order valence-electron chi connectivity index (χ3n) is 4.07. The van der Waals surface area contributed by atoms with Gasteiger partial charge in [-0.2, -0.15) is 0 Å². The summed E-state index contributed by atoms with van der Waals surface area (Å²) in [6.07, 6.45) is 0. The second-order valence-electron chi connectivity index (χ2n) is 5.92. The van der Waals surface area contributed by atoms with Gasteiger partial charge in [0.25, 0.3) is 0 Å². The zero-order chi connectivity index (χ0) is 19.8. The third kappa shape index (κ3) is 5.86. The molecule has 0 bridgehead atoms. The van der Waals surface area contributed by atoms with Crippen LogP contribution in [0.3, 0.4) is 0 Å². The number of rotatable bonds is 9. The third-order valence-corrected chi connectivity index (χ3v) is 4.07. The zero-order valence-corrected chi connectivity index (χ0v) is 16.0. The number of ether oxygens (including phenoxy) is 3. The molecule has 146 valence electrons. The first kappa shape index (κ1) is 20.5. The van der Waals surface area contributed by atoms with Gasteiger partial charge in [0.1, 0.15) is 11.5 Å². The van der Waals surface area contributed by atoms with Crippen LogP contribution in [0.2, 0.25) is 0 Å². The first-order valence-corrected chi connectivity index (χ1v) is 8.56. The topological polar surface area (TPSA) is 60.0 Å². The molecule has 0 atom stereocenters. The van der Waals surface area contributed by atoms with Crippen LogP contribution in [0.4, 0.5) is 10.1 Å². The van der Waals surface area contributed by atoms with Crippen LogP contribution in [-0.2, 0) is 11.3 Å². The standard InChI is InChI=1S/C20H25FN2O4/c1-5-23(12-14-6-7-19(27-4)18(21)8-14)13-20(24)22-15-9-16(25-2)11-17(10-15)26-3/h6-11H,5,12-13H2,1-4H3,(H,22,24). The van der Waals surface area contributed by atoms with E-state index in [0.717, 1.165) is 5.56 Å². The molecule has 0 unspecified atom stereocenters. The largest absolute Gasteiger partial charge is 0.497 e. The highest BCUT2D eigenvalue weighted by Crippen LogP contribution is 2.25. The van der Waals surface area contributed by atoms with Crippen molar-refractivity contribution < 1.29 is 23.4 Å². The lowest BCUT2D eigenvalue weighted by Gasteiger charge is -2.20. The number of carbonyl (C=O) groups excluding carboxylic acids is 1. The minimum Gasteiger partial charge on any atom is -0.497 e. The van der Waals surface area contributed by atoms with Crippen LogP contribution in [0.15, 0.2) is 36.4 Å². The summed E-state index contributed by atoms with van der Waals surface area (Å²) in [5.74, 6) is 0.781. The molecule has 0 aliphatic heterocycles. The van der Waals surface area contributed by atoms with Crippen LogP contribution in [0.25, 0.3) is 0 Å². The highest BCUT2D eigenvalue weighted by atomic mass is 19.1. The van der Waals surface area contributed by atoms with E-state index >= 15 is 0 Å². The lowest BCUT2D eigenvalue weighted by Crippen LogP contribution is -2.32. The van der Waals surface area contributed by atoms with E-state index in [1.807, 2.05) is 11.8 Å². The maximum atomic E-state index is 13.9. The van der Waals surface area contributed by atoms with Crippen LogP contribution >= 0.6 is 0 Å². The number of benzene rings is 2. The van der Waals surface area contributed by atoms with Gasteiger partial charge in [-0.3, -0.25) is 9.69 Å². The van der Waals surface area contributed by atoms with E-state index in [-0.39, 0.29) is 18.2 Å². The minimum atomic E-state index is -0.418. The summed E-state index contributed by atoms with van der Waals surface area (Å²) < 4.78 is 29.2. The quantitative estimate of drug-likeness (QED) is 0.728. The van der Waals surface area contributed by atoms with Gasteiger partial charge in [0.05, 0.1) is 27.9 Å². The molecule has 2 rings (SSSR count). The minimum absolute atomic E-state index is 0.170. The molecule has 27 heavy (non-hydrogen) atoms. The molecule has 2 aromatic carbocycles. The number of hydrogen-bond acceptors (Lipinski definition) is 5. The summed E-state index contributed by atoms with van der Waals surface area (Å²) >= 11 is 0. The van der Waals surface area contributed by atoms with Gasteiger partial charge in [0.15, 0.2) is 11.6 Å². The van der Waals surface area contributed by atoms with Crippen molar-refractivity contribution in [2.24, 2.45) is 0 Å². The molecule has 0 saturated carbocycles. The molecule has 7 heteroatoms. The van der Waals surface area contributed by atoms with Gasteiger partial charge in [0.2, 0.25) is 5.91 Å². The number of carbonyl (C=O) groups is 1. The molecule has 0 heterocycles. The predicted molar refractivity (Wildman–Crippen MR) is 102 cm³/mol. The fraction of sp³-hybridized carbons (Fsp3) is 0.350. The zero-order valence-electron chi connectivity index (χ0n) is 16.0. The monoisotopic (exact) mass is 376 g/mol. The van der Waals surface area contributed by atoms with Crippen molar-refractivity contribution in [3.05, 3.63) is 47.8 Å². The Morgan fingerprint density at radius 2 is 1.70 bits per heavy atom. The second kappa shape index (κ2) is 9.78. The van der Waals surface area contributed by atoms with Crippen molar-refractivity contribution in [1.82, 2.24) is 4.90 Å². The van der Waals surface area contributed by atoms with Crippen LogP contribution in [0.5, 0.6) is 17.2 Å². The summed E-state index contributed by atoms with van der Waals surface area (Å²) in [6, 6.07) is 9.96. The second-order valence-corrected chi connectivity index (χ2v) is 5.92. The Morgan fingerprint density at radius 1 is 1.04 bits per heavy atom. The van der Waals surface area contributed by atoms with Gasteiger partial charge in [-0.15, -0.1) is 0 Å². The van der Waals surface area contributed by atoms with E-state index in [2.05, 4.69) is 5.32 Å². The molecule has 0 saturated heterocycles. The van der Waals surface area contributed by atoms with E-state index in [9.17, 15) is 9.18 Å². The number of anilines is 1. The first-order chi connectivity index (χ1) is 13.0. The number of nitrogens with zero attached hydrogens (tertiary/aromatic N) is 1. The van der Waals surface area contributed by atoms with Crippen molar-refractivity contribution in [2.75, 3.05) is 39.7 Å². The molecule has 6 nitrogen and oxygen atoms in total. The van der Waals surface area contributed by atoms with E-state index in [1.165, 1.54) is 13.2 Å². The van der Waals surface area contributed by atoms with Gasteiger partial charge in [-0.05, 0) is 24.2 Å². The molecule has 0 aromatic heterocycles. The van der Waals surface area contributed by atoms with E-state index in [4.69, 9.17) is 14.2 Å². The Balaban J connectivity index is 2.01. The molecule has 0 fully saturated rings. The Bertz CT molecular complexity index is 760. The smallest absolute Gasteiger partial charge is 0.238 e. The number of halogens is 1. The average molecular weight is 376 g/mol. The Kier molecular flexibility index (Phi) is 7.43. The fourth-order valence-corrected chi connectivity index (χ4v) is 2.63. The maximum Gasteiger partial charge on any atom is 0.238 e. The lowest BCUT2D eigenvalue weighted by molar-refractivity contribution is -0.117. The number of likely N-dealkylation sites (N-methyl/N-ethyl adjacent to an activating group) is 1. The van der Waals surface area contributed by atoms with Crippen molar-refractivity contribution in [1.29, 1.82) is 0 Å². The fourth-order valence-electron chi connectivity index (χ4n) is 2.63. The lowest BCUT2D eigenvalue weighted by atomic mass is 10.2. The van der Waals surface area contributed by atoms with Crippen molar-refractivity contribution in [2.45, 2.75) is 13.5 Å². The molecule has 0 aliphatic carbocycles. The predicted octanol–water partition coefficient (Wildman–Crippen LogP) is 3.31. The molecule has 0 radical (unpaired) electrons. The summed E-state index contributed by atoms with van der Waals surface area (Å²) in [5.41, 5.74) is 1.36. The van der Waals surface area contributed by atoms with E-state index in [1.54, 1.807) is 44.6 Å². The maximum absolute atomic E-state index is 13.9. The Hall–Kier alpha value is -2.80. The SMILES string of the molecule is CCN(CC(=O)Nc1cc(OC)cc(OC)c1)Cc1ccc(OC)c(F)c1. The Labute approximate surface area is 158 Å². The van der Waals surface area contributed by atoms with Crippen LogP contribution in [-0.4, -0.2) is 45.2 Å². The van der Waals surface area contributed by atoms with Gasteiger partial charge in [-0.25, -0.2) is 4.39 Å². The number of nitrogens with one attached hydrogen (secondary N) is 1. The van der Waals surface area contributed by atoms with Crippen molar-refractivity contribution in [3.8, 4) is 17.2 Å². The average Bonchev–Trinajstić information content (AvgIpc) is 2.67. The number of amides is 1. The van der Waals surface area contributed by atoms with Gasteiger partial charge < -0.3 is 19.5 Å². The van der Waals surface area contributed by atoms with Crippen LogP contribution in [0, 0.1) is 5.82 Å². The summed E-state index contributed by atoms with van der Waals surface area (Å²) in [6.45, 7) is 3.21. The van der Waals surface area contributed by atoms with Gasteiger partial charge in [0, 0.05) is 30.4 Å². The molecule has 0 spiro atoms. The van der Waals surface area contributed by atoms with E-state index in [0.29, 0.717) is 30.3 Å². The van der Waals surface area contributed by atoms with Gasteiger partial charge >= 0.3 is 0 Å². The number of methoxy groups -OCH3 is 3. The molecule has 1 amide bonds. The molecule has 1 N–H and O–H groups in total. The molecular formula is C20H25FN2O4. The Morgan fingerprint density at radius 3 is 2.22 bits per heavy atom. The summed E-state index contributed by atoms with van der Waals surface area (Å²) in [5, 5.41) is 2.84. The summed E-state index contributed by atoms with van der Waals surface area (Å²) in [7, 11) is 4.52. The van der Waals surface area contributed by atoms with Crippen molar-refractivity contribution >= 4 is 11.6 Å². The normalized spacial score (nSPS) is 10.6. The molecule has 2 aromatic rings. The first-order valence-electron chi connectivity index (χ1n) is 8.56. The highest BCUT2D eigenvalue weighted by molar-refractivity contribution is 5.92. The molecular weight excluding hydrogens is 351 g/mol. The summed E-state index contributed by atoms with van der Waals surface area (Å²) in [4.78, 5) is 14.3. The number of hydrogen-bond donors (Lipinski definition) is 1.